The average molecular weight is 404 g/mol. The highest BCUT2D eigenvalue weighted by Gasteiger charge is 2.61. The zero-order valence-corrected chi connectivity index (χ0v) is 16.5. The molecule has 1 aliphatic heterocycles. The van der Waals surface area contributed by atoms with Crippen LogP contribution in [0.15, 0.2) is 0 Å². The number of carbonyl (C=O) groups excluding carboxylic acids is 5. The smallest absolute Gasteiger partial charge is 0.305 e. The van der Waals surface area contributed by atoms with E-state index in [-0.39, 0.29) is 0 Å². The van der Waals surface area contributed by atoms with E-state index in [1.54, 1.807) is 0 Å². The van der Waals surface area contributed by atoms with Crippen molar-refractivity contribution in [3.63, 3.8) is 0 Å². The molecule has 0 bridgehead atoms. The molecule has 1 heterocycles. The van der Waals surface area contributed by atoms with Gasteiger partial charge < -0.3 is 28.4 Å². The van der Waals surface area contributed by atoms with Crippen LogP contribution in [0.2, 0.25) is 0 Å². The van der Waals surface area contributed by atoms with Gasteiger partial charge in [-0.05, 0) is 6.92 Å². The summed E-state index contributed by atoms with van der Waals surface area (Å²) in [5, 5.41) is 0. The van der Waals surface area contributed by atoms with Crippen molar-refractivity contribution in [2.45, 2.75) is 71.7 Å². The topological polar surface area (TPSA) is 141 Å². The molecule has 1 fully saturated rings. The van der Waals surface area contributed by atoms with Gasteiger partial charge in [0.25, 0.3) is 0 Å². The van der Waals surface area contributed by atoms with Gasteiger partial charge in [0.05, 0.1) is 0 Å². The van der Waals surface area contributed by atoms with Gasteiger partial charge in [-0.25, -0.2) is 0 Å². The van der Waals surface area contributed by atoms with Crippen molar-refractivity contribution in [1.29, 1.82) is 0 Å². The van der Waals surface area contributed by atoms with Gasteiger partial charge in [0.15, 0.2) is 12.2 Å². The molecule has 0 aromatic carbocycles. The maximum atomic E-state index is 11.7. The normalized spacial score (nSPS) is 29.2. The standard InChI is InChI=1S/C17H24O11/c1-8(18)23-7-13-14(24-9(2)19)15(25-10(3)20)17(6,28-12(5)22)16(27-13)26-11(4)21/h13-16H,7H2,1-6H3/t13-,14-,15+,16?,17+/m1/s1. The molecule has 0 aromatic heterocycles. The highest BCUT2D eigenvalue weighted by Crippen LogP contribution is 2.37. The van der Waals surface area contributed by atoms with Crippen molar-refractivity contribution in [3.8, 4) is 0 Å². The van der Waals surface area contributed by atoms with Crippen LogP contribution in [-0.2, 0) is 52.4 Å². The minimum Gasteiger partial charge on any atom is -0.463 e. The number of ether oxygens (including phenoxy) is 6. The molecule has 1 rings (SSSR count). The maximum absolute atomic E-state index is 11.7. The second-order valence-electron chi connectivity index (χ2n) is 6.30. The number of hydrogen-bond donors (Lipinski definition) is 0. The summed E-state index contributed by atoms with van der Waals surface area (Å²) in [6.07, 6.45) is -5.45. The summed E-state index contributed by atoms with van der Waals surface area (Å²) in [7, 11) is 0. The van der Waals surface area contributed by atoms with Gasteiger partial charge in [-0.1, -0.05) is 0 Å². The van der Waals surface area contributed by atoms with Crippen LogP contribution in [0.5, 0.6) is 0 Å². The van der Waals surface area contributed by atoms with Crippen LogP contribution in [0.3, 0.4) is 0 Å². The first-order chi connectivity index (χ1) is 12.9. The van der Waals surface area contributed by atoms with Crippen molar-refractivity contribution in [2.24, 2.45) is 0 Å². The van der Waals surface area contributed by atoms with E-state index in [0.717, 1.165) is 34.6 Å². The van der Waals surface area contributed by atoms with E-state index < -0.39 is 66.7 Å². The van der Waals surface area contributed by atoms with Crippen LogP contribution in [-0.4, -0.2) is 66.7 Å². The van der Waals surface area contributed by atoms with Gasteiger partial charge in [-0.3, -0.25) is 24.0 Å². The molecule has 11 heteroatoms. The van der Waals surface area contributed by atoms with Crippen molar-refractivity contribution >= 4 is 29.8 Å². The summed E-state index contributed by atoms with van der Waals surface area (Å²) in [5.41, 5.74) is -1.85. The summed E-state index contributed by atoms with van der Waals surface area (Å²) >= 11 is 0. The summed E-state index contributed by atoms with van der Waals surface area (Å²) < 4.78 is 31.4. The monoisotopic (exact) mass is 404 g/mol. The first kappa shape index (κ1) is 23.3. The highest BCUT2D eigenvalue weighted by molar-refractivity contribution is 5.69. The Morgan fingerprint density at radius 3 is 1.75 bits per heavy atom. The Labute approximate surface area is 161 Å². The zero-order valence-electron chi connectivity index (χ0n) is 16.5. The Balaban J connectivity index is 3.44. The molecule has 28 heavy (non-hydrogen) atoms. The first-order valence-electron chi connectivity index (χ1n) is 8.36. The van der Waals surface area contributed by atoms with E-state index in [1.165, 1.54) is 6.92 Å². The third-order valence-electron chi connectivity index (χ3n) is 3.68. The molecule has 0 aromatic rings. The Hall–Kier alpha value is -2.69. The van der Waals surface area contributed by atoms with E-state index in [1.807, 2.05) is 0 Å². The molecular formula is C17H24O11. The molecule has 11 nitrogen and oxygen atoms in total. The van der Waals surface area contributed by atoms with Gasteiger partial charge in [-0.15, -0.1) is 0 Å². The SMILES string of the molecule is CC(=O)OC[C@H]1OC(OC(C)=O)[C@@](C)(OC(C)=O)[C@@H](OC(C)=O)[C@@H]1OC(C)=O. The van der Waals surface area contributed by atoms with Crippen molar-refractivity contribution in [1.82, 2.24) is 0 Å². The molecule has 0 saturated carbocycles. The lowest BCUT2D eigenvalue weighted by Crippen LogP contribution is -2.69. The Morgan fingerprint density at radius 1 is 0.786 bits per heavy atom. The summed E-state index contributed by atoms with van der Waals surface area (Å²) in [6.45, 7) is 6.43. The molecule has 1 aliphatic rings. The van der Waals surface area contributed by atoms with E-state index in [2.05, 4.69) is 0 Å². The van der Waals surface area contributed by atoms with Crippen LogP contribution in [0.25, 0.3) is 0 Å². The molecule has 1 saturated heterocycles. The average Bonchev–Trinajstić information content (AvgIpc) is 2.50. The van der Waals surface area contributed by atoms with Crippen molar-refractivity contribution in [2.75, 3.05) is 6.61 Å². The fourth-order valence-corrected chi connectivity index (χ4v) is 2.76. The van der Waals surface area contributed by atoms with E-state index in [9.17, 15) is 24.0 Å². The minimum atomic E-state index is -1.85. The molecule has 0 radical (unpaired) electrons. The lowest BCUT2D eigenvalue weighted by Gasteiger charge is -2.49. The summed E-state index contributed by atoms with van der Waals surface area (Å²) in [5.74, 6) is -3.75. The second-order valence-corrected chi connectivity index (χ2v) is 6.30. The molecule has 0 aliphatic carbocycles. The first-order valence-corrected chi connectivity index (χ1v) is 8.36. The van der Waals surface area contributed by atoms with Crippen molar-refractivity contribution < 1.29 is 52.4 Å². The van der Waals surface area contributed by atoms with Crippen LogP contribution >= 0.6 is 0 Å². The van der Waals surface area contributed by atoms with Gasteiger partial charge in [0, 0.05) is 34.6 Å². The lowest BCUT2D eigenvalue weighted by molar-refractivity contribution is -0.331. The van der Waals surface area contributed by atoms with Crippen molar-refractivity contribution in [3.05, 3.63) is 0 Å². The van der Waals surface area contributed by atoms with Gasteiger partial charge in [0.1, 0.15) is 12.7 Å². The van der Waals surface area contributed by atoms with Gasteiger partial charge in [-0.2, -0.15) is 0 Å². The Bertz CT molecular complexity index is 643. The molecular weight excluding hydrogens is 380 g/mol. The van der Waals surface area contributed by atoms with Gasteiger partial charge in [0.2, 0.25) is 11.9 Å². The molecule has 0 N–H and O–H groups in total. The number of carbonyl (C=O) groups is 5. The predicted octanol–water partition coefficient (Wildman–Crippen LogP) is 0.0227. The molecule has 1 unspecified atom stereocenters. The Morgan fingerprint density at radius 2 is 1.32 bits per heavy atom. The number of esters is 5. The maximum Gasteiger partial charge on any atom is 0.305 e. The lowest BCUT2D eigenvalue weighted by atomic mass is 9.87. The minimum absolute atomic E-state index is 0.404. The van der Waals surface area contributed by atoms with E-state index >= 15 is 0 Å². The van der Waals surface area contributed by atoms with Crippen LogP contribution in [0, 0.1) is 0 Å². The summed E-state index contributed by atoms with van der Waals surface area (Å²) in [6, 6.07) is 0. The highest BCUT2D eigenvalue weighted by atomic mass is 16.8. The third kappa shape index (κ3) is 6.19. The van der Waals surface area contributed by atoms with Gasteiger partial charge >= 0.3 is 29.8 Å². The van der Waals surface area contributed by atoms with Crippen LogP contribution in [0.4, 0.5) is 0 Å². The zero-order chi connectivity index (χ0) is 21.6. The van der Waals surface area contributed by atoms with Crippen LogP contribution < -0.4 is 0 Å². The number of hydrogen-bond acceptors (Lipinski definition) is 11. The summed E-state index contributed by atoms with van der Waals surface area (Å²) in [4.78, 5) is 57.7. The molecule has 0 amide bonds. The van der Waals surface area contributed by atoms with E-state index in [4.69, 9.17) is 28.4 Å². The number of rotatable bonds is 6. The predicted molar refractivity (Wildman–Crippen MR) is 88.3 cm³/mol. The Kier molecular flexibility index (Phi) is 7.91. The second kappa shape index (κ2) is 9.49. The molecule has 5 atom stereocenters. The third-order valence-corrected chi connectivity index (χ3v) is 3.68. The molecule has 0 spiro atoms. The quantitative estimate of drug-likeness (QED) is 0.437. The molecule has 158 valence electrons. The fourth-order valence-electron chi connectivity index (χ4n) is 2.76. The largest absolute Gasteiger partial charge is 0.463 e. The van der Waals surface area contributed by atoms with Crippen LogP contribution in [0.1, 0.15) is 41.5 Å². The van der Waals surface area contributed by atoms with E-state index in [0.29, 0.717) is 0 Å². The fraction of sp³-hybridized carbons (Fsp3) is 0.706.